The first-order valence-corrected chi connectivity index (χ1v) is 9.03. The van der Waals surface area contributed by atoms with Crippen LogP contribution in [0.5, 0.6) is 0 Å². The predicted octanol–water partition coefficient (Wildman–Crippen LogP) is 3.72. The molecule has 1 spiro atoms. The van der Waals surface area contributed by atoms with Crippen molar-refractivity contribution in [2.45, 2.75) is 24.6 Å². The number of carbonyl (C=O) groups is 2. The van der Waals surface area contributed by atoms with Gasteiger partial charge in [0.15, 0.2) is 5.54 Å². The zero-order valence-electron chi connectivity index (χ0n) is 14.2. The Morgan fingerprint density at radius 1 is 1.00 bits per heavy atom. The fourth-order valence-corrected chi connectivity index (χ4v) is 4.75. The van der Waals surface area contributed by atoms with Crippen molar-refractivity contribution in [3.05, 3.63) is 83.9 Å². The fraction of sp³-hybridized carbons (Fsp3) is 0.273. The average Bonchev–Trinajstić information content (AvgIpc) is 3.37. The van der Waals surface area contributed by atoms with Crippen LogP contribution < -0.4 is 0 Å². The topological polar surface area (TPSA) is 46.6 Å². The van der Waals surface area contributed by atoms with E-state index in [1.165, 1.54) is 0 Å². The smallest absolute Gasteiger partial charge is 0.335 e. The van der Waals surface area contributed by atoms with Crippen molar-refractivity contribution in [1.29, 1.82) is 0 Å². The maximum Gasteiger partial charge on any atom is 0.335 e. The molecule has 0 unspecified atom stereocenters. The van der Waals surface area contributed by atoms with Gasteiger partial charge in [-0.1, -0.05) is 60.7 Å². The van der Waals surface area contributed by atoms with Gasteiger partial charge in [0, 0.05) is 17.0 Å². The van der Waals surface area contributed by atoms with Crippen molar-refractivity contribution >= 4 is 11.9 Å². The van der Waals surface area contributed by atoms with Gasteiger partial charge >= 0.3 is 5.97 Å². The summed E-state index contributed by atoms with van der Waals surface area (Å²) < 4.78 is 5.83. The van der Waals surface area contributed by atoms with Gasteiger partial charge in [0.1, 0.15) is 0 Å². The molecule has 0 aromatic heterocycles. The molecule has 1 heterocycles. The van der Waals surface area contributed by atoms with Gasteiger partial charge in [0.05, 0.1) is 0 Å². The van der Waals surface area contributed by atoms with Crippen LogP contribution in [0.4, 0.5) is 0 Å². The molecule has 2 fully saturated rings. The van der Waals surface area contributed by atoms with Crippen molar-refractivity contribution in [3.63, 3.8) is 0 Å². The Balaban J connectivity index is 1.64. The molecule has 130 valence electrons. The summed E-state index contributed by atoms with van der Waals surface area (Å²) >= 11 is 0. The average molecular weight is 345 g/mol. The van der Waals surface area contributed by atoms with Crippen LogP contribution >= 0.6 is 0 Å². The third kappa shape index (κ3) is 2.02. The number of allylic oxidation sites excluding steroid dienone is 1. The Labute approximate surface area is 152 Å². The number of hydrogen-bond donors (Lipinski definition) is 0. The summed E-state index contributed by atoms with van der Waals surface area (Å²) in [7, 11) is 0. The van der Waals surface area contributed by atoms with Crippen LogP contribution in [0.25, 0.3) is 0 Å². The van der Waals surface area contributed by atoms with E-state index in [1.807, 2.05) is 48.5 Å². The van der Waals surface area contributed by atoms with Gasteiger partial charge in [-0.05, 0) is 30.9 Å². The highest BCUT2D eigenvalue weighted by Crippen LogP contribution is 2.56. The summed E-state index contributed by atoms with van der Waals surface area (Å²) in [5.41, 5.74) is 0.527. The lowest BCUT2D eigenvalue weighted by Gasteiger charge is -2.37. The Morgan fingerprint density at radius 3 is 2.31 bits per heavy atom. The molecular weight excluding hydrogens is 326 g/mol. The highest BCUT2D eigenvalue weighted by atomic mass is 16.6. The maximum atomic E-state index is 13.5. The normalized spacial score (nSPS) is 31.6. The SMILES string of the molecule is O=C(c1ccccc1)N1[C@@H](c2ccccc2)OC(=O)[C@@]12C[C@H]1C=C[C@@H]2C1. The standard InChI is InChI=1S/C22H19NO3/c24-19(16-7-3-1-4-8-16)23-20(17-9-5-2-6-10-17)26-21(25)22(23)14-15-11-12-18(22)13-15/h1-12,15,18,20H,13-14H2/t15-,18+,20+,22-/m0/s1. The Kier molecular flexibility index (Phi) is 3.29. The summed E-state index contributed by atoms with van der Waals surface area (Å²) in [6.07, 6.45) is 5.15. The number of nitrogens with zero attached hydrogens (tertiary/aromatic N) is 1. The molecule has 1 aliphatic heterocycles. The van der Waals surface area contributed by atoms with Crippen LogP contribution in [0.2, 0.25) is 0 Å². The number of amides is 1. The molecule has 2 bridgehead atoms. The molecule has 5 rings (SSSR count). The minimum Gasteiger partial charge on any atom is -0.435 e. The molecule has 3 aliphatic rings. The Hall–Kier alpha value is -2.88. The summed E-state index contributed by atoms with van der Waals surface area (Å²) in [6.45, 7) is 0. The second-order valence-electron chi connectivity index (χ2n) is 7.33. The van der Waals surface area contributed by atoms with Crippen LogP contribution in [-0.2, 0) is 9.53 Å². The molecule has 0 N–H and O–H groups in total. The van der Waals surface area contributed by atoms with Crippen molar-refractivity contribution in [1.82, 2.24) is 4.90 Å². The Bertz CT molecular complexity index is 892. The second kappa shape index (κ2) is 5.56. The third-order valence-electron chi connectivity index (χ3n) is 5.92. The molecular formula is C22H19NO3. The predicted molar refractivity (Wildman–Crippen MR) is 96.0 cm³/mol. The number of esters is 1. The van der Waals surface area contributed by atoms with Crippen molar-refractivity contribution < 1.29 is 14.3 Å². The first-order valence-electron chi connectivity index (χ1n) is 9.03. The molecule has 1 amide bonds. The number of fused-ring (bicyclic) bond motifs is 3. The van der Waals surface area contributed by atoms with Crippen LogP contribution in [0.15, 0.2) is 72.8 Å². The molecule has 2 aliphatic carbocycles. The number of rotatable bonds is 2. The number of cyclic esters (lactones) is 1. The summed E-state index contributed by atoms with van der Waals surface area (Å²) in [6, 6.07) is 18.7. The zero-order chi connectivity index (χ0) is 17.7. The van der Waals surface area contributed by atoms with E-state index in [0.717, 1.165) is 12.0 Å². The molecule has 0 radical (unpaired) electrons. The molecule has 4 nitrogen and oxygen atoms in total. The van der Waals surface area contributed by atoms with Gasteiger partial charge in [-0.15, -0.1) is 0 Å². The quantitative estimate of drug-likeness (QED) is 0.616. The summed E-state index contributed by atoms with van der Waals surface area (Å²) in [5.74, 6) is -0.0479. The highest BCUT2D eigenvalue weighted by Gasteiger charge is 2.65. The fourth-order valence-electron chi connectivity index (χ4n) is 4.75. The van der Waals surface area contributed by atoms with E-state index in [4.69, 9.17) is 4.74 Å². The minimum atomic E-state index is -0.882. The molecule has 2 aromatic rings. The number of ether oxygens (including phenoxy) is 1. The maximum absolute atomic E-state index is 13.5. The van der Waals surface area contributed by atoms with Crippen LogP contribution in [0.3, 0.4) is 0 Å². The number of carbonyl (C=O) groups excluding carboxylic acids is 2. The van der Waals surface area contributed by atoms with E-state index in [9.17, 15) is 9.59 Å². The number of benzene rings is 2. The van der Waals surface area contributed by atoms with Gasteiger partial charge in [-0.25, -0.2) is 4.79 Å². The second-order valence-corrected chi connectivity index (χ2v) is 7.33. The van der Waals surface area contributed by atoms with E-state index >= 15 is 0 Å². The lowest BCUT2D eigenvalue weighted by molar-refractivity contribution is -0.146. The highest BCUT2D eigenvalue weighted by molar-refractivity contribution is 6.00. The molecule has 26 heavy (non-hydrogen) atoms. The molecule has 1 saturated carbocycles. The van der Waals surface area contributed by atoms with E-state index < -0.39 is 11.8 Å². The first kappa shape index (κ1) is 15.4. The monoisotopic (exact) mass is 345 g/mol. The molecule has 1 saturated heterocycles. The van der Waals surface area contributed by atoms with Gasteiger partial charge < -0.3 is 4.74 Å². The van der Waals surface area contributed by atoms with Gasteiger partial charge in [-0.3, -0.25) is 9.69 Å². The van der Waals surface area contributed by atoms with E-state index in [0.29, 0.717) is 17.9 Å². The van der Waals surface area contributed by atoms with E-state index in [2.05, 4.69) is 12.2 Å². The molecule has 2 aromatic carbocycles. The largest absolute Gasteiger partial charge is 0.435 e. The van der Waals surface area contributed by atoms with Gasteiger partial charge in [0.25, 0.3) is 5.91 Å². The van der Waals surface area contributed by atoms with Gasteiger partial charge in [0.2, 0.25) is 6.23 Å². The number of hydrogen-bond acceptors (Lipinski definition) is 3. The summed E-state index contributed by atoms with van der Waals surface area (Å²) in [4.78, 5) is 28.3. The van der Waals surface area contributed by atoms with Gasteiger partial charge in [-0.2, -0.15) is 0 Å². The van der Waals surface area contributed by atoms with Crippen LogP contribution in [0.1, 0.15) is 35.0 Å². The zero-order valence-corrected chi connectivity index (χ0v) is 14.2. The van der Waals surface area contributed by atoms with E-state index in [-0.39, 0.29) is 17.8 Å². The molecule has 4 atom stereocenters. The molecule has 4 heteroatoms. The van der Waals surface area contributed by atoms with Crippen LogP contribution in [-0.4, -0.2) is 22.3 Å². The first-order chi connectivity index (χ1) is 12.7. The third-order valence-corrected chi connectivity index (χ3v) is 5.92. The minimum absolute atomic E-state index is 0.0291. The van der Waals surface area contributed by atoms with Crippen LogP contribution in [0, 0.1) is 11.8 Å². The Morgan fingerprint density at radius 2 is 1.69 bits per heavy atom. The lowest BCUT2D eigenvalue weighted by Crippen LogP contribution is -2.54. The lowest BCUT2D eigenvalue weighted by atomic mass is 9.82. The van der Waals surface area contributed by atoms with Crippen molar-refractivity contribution in [2.75, 3.05) is 0 Å². The van der Waals surface area contributed by atoms with Crippen molar-refractivity contribution in [3.8, 4) is 0 Å². The van der Waals surface area contributed by atoms with E-state index in [1.54, 1.807) is 17.0 Å². The van der Waals surface area contributed by atoms with Crippen molar-refractivity contribution in [2.24, 2.45) is 11.8 Å². The summed E-state index contributed by atoms with van der Waals surface area (Å²) in [5, 5.41) is 0.